The summed E-state index contributed by atoms with van der Waals surface area (Å²) in [4.78, 5) is 30.2. The number of pyridine rings is 2. The third-order valence-corrected chi connectivity index (χ3v) is 3.42. The number of nitrogens with one attached hydrogen (secondary N) is 1. The Labute approximate surface area is 164 Å². The van der Waals surface area contributed by atoms with Gasteiger partial charge in [-0.1, -0.05) is 12.1 Å². The van der Waals surface area contributed by atoms with Crippen LogP contribution in [-0.2, 0) is 14.3 Å². The first-order valence-electron chi connectivity index (χ1n) is 8.77. The van der Waals surface area contributed by atoms with Gasteiger partial charge in [-0.2, -0.15) is 0 Å². The van der Waals surface area contributed by atoms with Gasteiger partial charge >= 0.3 is 11.9 Å². The number of carboxylic acid groups (broad SMARTS) is 1. The van der Waals surface area contributed by atoms with E-state index in [1.165, 1.54) is 6.20 Å². The number of carbonyl (C=O) groups excluding carboxylic acids is 1. The molecule has 28 heavy (non-hydrogen) atoms. The minimum atomic E-state index is -1.08. The SMILES string of the molecule is CCOC(=O)CC/C(=C/Nc1ccc(C)cn1)C(=O)O.Cc1ccc(N)nc1. The van der Waals surface area contributed by atoms with E-state index in [2.05, 4.69) is 15.3 Å². The van der Waals surface area contributed by atoms with E-state index in [4.69, 9.17) is 15.6 Å². The predicted molar refractivity (Wildman–Crippen MR) is 108 cm³/mol. The number of esters is 1. The van der Waals surface area contributed by atoms with E-state index < -0.39 is 11.9 Å². The average Bonchev–Trinajstić information content (AvgIpc) is 2.66. The maximum Gasteiger partial charge on any atom is 0.333 e. The van der Waals surface area contributed by atoms with Crippen molar-refractivity contribution in [3.8, 4) is 0 Å². The van der Waals surface area contributed by atoms with Gasteiger partial charge in [0.15, 0.2) is 0 Å². The van der Waals surface area contributed by atoms with Gasteiger partial charge in [0, 0.05) is 25.0 Å². The number of anilines is 2. The van der Waals surface area contributed by atoms with Crippen molar-refractivity contribution < 1.29 is 19.4 Å². The summed E-state index contributed by atoms with van der Waals surface area (Å²) in [6.45, 7) is 5.88. The van der Waals surface area contributed by atoms with Crippen molar-refractivity contribution in [1.29, 1.82) is 0 Å². The van der Waals surface area contributed by atoms with Crippen LogP contribution in [0.1, 0.15) is 30.9 Å². The van der Waals surface area contributed by atoms with Crippen molar-refractivity contribution in [3.05, 3.63) is 59.6 Å². The fourth-order valence-electron chi connectivity index (χ4n) is 1.90. The fraction of sp³-hybridized carbons (Fsp3) is 0.300. The molecule has 8 nitrogen and oxygen atoms in total. The molecule has 0 atom stereocenters. The number of carboxylic acids is 1. The highest BCUT2D eigenvalue weighted by molar-refractivity contribution is 5.87. The van der Waals surface area contributed by atoms with E-state index in [1.54, 1.807) is 31.5 Å². The summed E-state index contributed by atoms with van der Waals surface area (Å²) in [6.07, 6.45) is 4.91. The Hall–Kier alpha value is -3.42. The van der Waals surface area contributed by atoms with Gasteiger partial charge < -0.3 is 20.9 Å². The lowest BCUT2D eigenvalue weighted by Gasteiger charge is -2.05. The number of hydrogen-bond donors (Lipinski definition) is 3. The van der Waals surface area contributed by atoms with Crippen molar-refractivity contribution in [3.63, 3.8) is 0 Å². The van der Waals surface area contributed by atoms with Crippen LogP contribution >= 0.6 is 0 Å². The summed E-state index contributed by atoms with van der Waals surface area (Å²) >= 11 is 0. The van der Waals surface area contributed by atoms with E-state index in [9.17, 15) is 9.59 Å². The number of aromatic nitrogens is 2. The molecule has 0 saturated carbocycles. The van der Waals surface area contributed by atoms with E-state index in [-0.39, 0.29) is 25.0 Å². The van der Waals surface area contributed by atoms with Gasteiger partial charge in [0.2, 0.25) is 0 Å². The first-order valence-corrected chi connectivity index (χ1v) is 8.77. The molecular formula is C20H26N4O4. The number of hydrogen-bond acceptors (Lipinski definition) is 7. The number of carbonyl (C=O) groups is 2. The molecule has 2 aromatic heterocycles. The van der Waals surface area contributed by atoms with Crippen LogP contribution in [0.3, 0.4) is 0 Å². The zero-order valence-electron chi connectivity index (χ0n) is 16.3. The highest BCUT2D eigenvalue weighted by atomic mass is 16.5. The Morgan fingerprint density at radius 1 is 1.11 bits per heavy atom. The second-order valence-corrected chi connectivity index (χ2v) is 5.91. The van der Waals surface area contributed by atoms with Crippen LogP contribution in [0.15, 0.2) is 48.4 Å². The van der Waals surface area contributed by atoms with Crippen molar-refractivity contribution >= 4 is 23.6 Å². The van der Waals surface area contributed by atoms with Crippen LogP contribution in [0.5, 0.6) is 0 Å². The lowest BCUT2D eigenvalue weighted by Crippen LogP contribution is -2.09. The summed E-state index contributed by atoms with van der Waals surface area (Å²) < 4.78 is 4.76. The monoisotopic (exact) mass is 386 g/mol. The number of aliphatic carboxylic acids is 1. The molecule has 2 heterocycles. The minimum absolute atomic E-state index is 0.0367. The number of nitrogens with two attached hydrogens (primary N) is 1. The number of nitrogen functional groups attached to an aromatic ring is 1. The molecule has 0 fully saturated rings. The molecule has 0 unspecified atom stereocenters. The highest BCUT2D eigenvalue weighted by Crippen LogP contribution is 2.09. The highest BCUT2D eigenvalue weighted by Gasteiger charge is 2.11. The van der Waals surface area contributed by atoms with Gasteiger partial charge in [0.05, 0.1) is 12.2 Å². The third kappa shape index (κ3) is 9.33. The minimum Gasteiger partial charge on any atom is -0.478 e. The molecule has 2 aromatic rings. The van der Waals surface area contributed by atoms with Gasteiger partial charge in [0.1, 0.15) is 11.6 Å². The fourth-order valence-corrected chi connectivity index (χ4v) is 1.90. The van der Waals surface area contributed by atoms with E-state index in [0.29, 0.717) is 11.6 Å². The summed E-state index contributed by atoms with van der Waals surface area (Å²) in [6, 6.07) is 7.33. The molecule has 4 N–H and O–H groups in total. The smallest absolute Gasteiger partial charge is 0.333 e. The predicted octanol–water partition coefficient (Wildman–Crippen LogP) is 3.09. The van der Waals surface area contributed by atoms with Gasteiger partial charge in [-0.25, -0.2) is 14.8 Å². The van der Waals surface area contributed by atoms with E-state index in [0.717, 1.165) is 11.1 Å². The van der Waals surface area contributed by atoms with Crippen LogP contribution < -0.4 is 11.1 Å². The Morgan fingerprint density at radius 2 is 1.75 bits per heavy atom. The molecule has 0 saturated heterocycles. The summed E-state index contributed by atoms with van der Waals surface area (Å²) in [5.41, 5.74) is 7.57. The molecule has 0 radical (unpaired) electrons. The zero-order valence-corrected chi connectivity index (χ0v) is 16.3. The maximum absolute atomic E-state index is 11.2. The first kappa shape index (κ1) is 22.6. The Balaban J connectivity index is 0.000000406. The topological polar surface area (TPSA) is 127 Å². The number of nitrogens with zero attached hydrogens (tertiary/aromatic N) is 2. The molecule has 8 heteroatoms. The molecule has 150 valence electrons. The lowest BCUT2D eigenvalue weighted by atomic mass is 10.1. The van der Waals surface area contributed by atoms with Crippen molar-refractivity contribution in [1.82, 2.24) is 9.97 Å². The third-order valence-electron chi connectivity index (χ3n) is 3.42. The molecule has 0 bridgehead atoms. The van der Waals surface area contributed by atoms with Crippen LogP contribution in [-0.4, -0.2) is 33.6 Å². The second-order valence-electron chi connectivity index (χ2n) is 5.91. The molecule has 0 aliphatic rings. The van der Waals surface area contributed by atoms with Gasteiger partial charge in [-0.3, -0.25) is 4.79 Å². The van der Waals surface area contributed by atoms with Gasteiger partial charge in [-0.15, -0.1) is 0 Å². The first-order chi connectivity index (χ1) is 13.3. The number of rotatable bonds is 7. The molecular weight excluding hydrogens is 360 g/mol. The Kier molecular flexibility index (Phi) is 9.74. The number of ether oxygens (including phenoxy) is 1. The Morgan fingerprint density at radius 3 is 2.21 bits per heavy atom. The van der Waals surface area contributed by atoms with E-state index in [1.807, 2.05) is 26.0 Å². The quantitative estimate of drug-likeness (QED) is 0.489. The van der Waals surface area contributed by atoms with Crippen molar-refractivity contribution in [2.75, 3.05) is 17.7 Å². The lowest BCUT2D eigenvalue weighted by molar-refractivity contribution is -0.143. The van der Waals surface area contributed by atoms with Crippen LogP contribution in [0.25, 0.3) is 0 Å². The van der Waals surface area contributed by atoms with Crippen molar-refractivity contribution in [2.45, 2.75) is 33.6 Å². The molecule has 0 aliphatic heterocycles. The van der Waals surface area contributed by atoms with Gasteiger partial charge in [-0.05, 0) is 50.5 Å². The molecule has 2 rings (SSSR count). The van der Waals surface area contributed by atoms with Crippen molar-refractivity contribution in [2.24, 2.45) is 0 Å². The second kappa shape index (κ2) is 12.1. The average molecular weight is 386 g/mol. The van der Waals surface area contributed by atoms with Crippen LogP contribution in [0.2, 0.25) is 0 Å². The number of aryl methyl sites for hydroxylation is 2. The molecule has 0 amide bonds. The molecule has 0 aromatic carbocycles. The van der Waals surface area contributed by atoms with E-state index >= 15 is 0 Å². The van der Waals surface area contributed by atoms with Crippen LogP contribution in [0.4, 0.5) is 11.6 Å². The maximum atomic E-state index is 11.2. The van der Waals surface area contributed by atoms with Gasteiger partial charge in [0.25, 0.3) is 0 Å². The molecule has 0 aliphatic carbocycles. The normalized spacial score (nSPS) is 10.5. The van der Waals surface area contributed by atoms with Crippen LogP contribution in [0, 0.1) is 13.8 Å². The summed E-state index contributed by atoms with van der Waals surface area (Å²) in [5, 5.41) is 11.9. The zero-order chi connectivity index (χ0) is 20.9. The summed E-state index contributed by atoms with van der Waals surface area (Å²) in [7, 11) is 0. The summed E-state index contributed by atoms with van der Waals surface area (Å²) in [5.74, 6) is -0.358. The standard InChI is InChI=1S/C14H18N2O4.C6H8N2/c1-3-20-13(17)7-5-11(14(18)19)9-16-12-6-4-10(2)8-15-12;1-5-2-3-6(7)8-4-5/h4,6,8-9H,3,5,7H2,1-2H3,(H,15,16)(H,18,19);2-4H,1H3,(H2,7,8)/b11-9-;. The largest absolute Gasteiger partial charge is 0.478 e. The molecule has 0 spiro atoms. The Bertz CT molecular complexity index is 766.